The van der Waals surface area contributed by atoms with Gasteiger partial charge in [-0.1, -0.05) is 12.8 Å². The van der Waals surface area contributed by atoms with E-state index in [-0.39, 0.29) is 0 Å². The topological polar surface area (TPSA) is 40.8 Å². The second-order valence-corrected chi connectivity index (χ2v) is 6.13. The van der Waals surface area contributed by atoms with Gasteiger partial charge in [-0.25, -0.2) is 4.99 Å². The second kappa shape index (κ2) is 5.90. The van der Waals surface area contributed by atoms with E-state index in [1.807, 2.05) is 12.1 Å². The summed E-state index contributed by atoms with van der Waals surface area (Å²) in [4.78, 5) is 7.17. The van der Waals surface area contributed by atoms with Crippen LogP contribution in [0.3, 0.4) is 0 Å². The van der Waals surface area contributed by atoms with Crippen LogP contribution in [0.5, 0.6) is 0 Å². The summed E-state index contributed by atoms with van der Waals surface area (Å²) < 4.78 is 5.36. The highest BCUT2D eigenvalue weighted by atomic mass is 16.3. The molecule has 3 rings (SSSR count). The highest BCUT2D eigenvalue weighted by Gasteiger charge is 2.41. The molecule has 110 valence electrons. The first-order valence-corrected chi connectivity index (χ1v) is 7.87. The van der Waals surface area contributed by atoms with Crippen LogP contribution >= 0.6 is 0 Å². The molecule has 0 atom stereocenters. The van der Waals surface area contributed by atoms with Crippen LogP contribution in [0.1, 0.15) is 44.8 Å². The number of rotatable bonds is 3. The molecule has 0 amide bonds. The Morgan fingerprint density at radius 3 is 2.95 bits per heavy atom. The monoisotopic (exact) mass is 275 g/mol. The minimum atomic E-state index is 0.584. The molecule has 1 saturated carbocycles. The summed E-state index contributed by atoms with van der Waals surface area (Å²) in [5.74, 6) is 1.97. The maximum atomic E-state index is 5.36. The van der Waals surface area contributed by atoms with E-state index in [2.05, 4.69) is 17.1 Å². The Balaban J connectivity index is 1.66. The van der Waals surface area contributed by atoms with Crippen molar-refractivity contribution in [3.8, 4) is 0 Å². The van der Waals surface area contributed by atoms with Gasteiger partial charge in [0.15, 0.2) is 5.96 Å². The Hall–Kier alpha value is -1.45. The zero-order valence-electron chi connectivity index (χ0n) is 12.4. The summed E-state index contributed by atoms with van der Waals surface area (Å²) in [5, 5.41) is 3.43. The highest BCUT2D eigenvalue weighted by Crippen LogP contribution is 2.45. The molecule has 20 heavy (non-hydrogen) atoms. The van der Waals surface area contributed by atoms with Crippen molar-refractivity contribution in [3.05, 3.63) is 24.2 Å². The van der Waals surface area contributed by atoms with E-state index < -0.39 is 0 Å². The van der Waals surface area contributed by atoms with Crippen LogP contribution in [0, 0.1) is 5.41 Å². The smallest absolute Gasteiger partial charge is 0.194 e. The number of nitrogens with zero attached hydrogens (tertiary/aromatic N) is 2. The number of likely N-dealkylation sites (tertiary alicyclic amines) is 1. The molecule has 4 heteroatoms. The van der Waals surface area contributed by atoms with E-state index >= 15 is 0 Å². The zero-order valence-corrected chi connectivity index (χ0v) is 12.4. The van der Waals surface area contributed by atoms with Gasteiger partial charge in [-0.3, -0.25) is 0 Å². The SMILES string of the molecule is CCNC(=NCc1ccco1)N1CCC2(CCCC2)C1. The number of nitrogens with one attached hydrogen (secondary N) is 1. The fourth-order valence-corrected chi connectivity index (χ4v) is 3.63. The van der Waals surface area contributed by atoms with Crippen molar-refractivity contribution in [1.29, 1.82) is 0 Å². The second-order valence-electron chi connectivity index (χ2n) is 6.13. The Morgan fingerprint density at radius 1 is 1.40 bits per heavy atom. The third-order valence-electron chi connectivity index (χ3n) is 4.70. The number of aliphatic imine (C=N–C) groups is 1. The fourth-order valence-electron chi connectivity index (χ4n) is 3.63. The molecule has 1 saturated heterocycles. The largest absolute Gasteiger partial charge is 0.467 e. The van der Waals surface area contributed by atoms with Crippen molar-refractivity contribution in [2.24, 2.45) is 10.4 Å². The Kier molecular flexibility index (Phi) is 3.99. The standard InChI is InChI=1S/C16H25N3O/c1-2-17-15(18-12-14-6-5-11-20-14)19-10-9-16(13-19)7-3-4-8-16/h5-6,11H,2-4,7-10,12-13H2,1H3,(H,17,18). The predicted octanol–water partition coefficient (Wildman–Crippen LogP) is 3.01. The van der Waals surface area contributed by atoms with E-state index in [0.717, 1.165) is 24.8 Å². The fraction of sp³-hybridized carbons (Fsp3) is 0.688. The van der Waals surface area contributed by atoms with E-state index in [1.54, 1.807) is 6.26 Å². The number of guanidine groups is 1. The zero-order chi connectivity index (χ0) is 13.8. The highest BCUT2D eigenvalue weighted by molar-refractivity contribution is 5.80. The first kappa shape index (κ1) is 13.5. The summed E-state index contributed by atoms with van der Waals surface area (Å²) in [6.07, 6.45) is 8.67. The van der Waals surface area contributed by atoms with Gasteiger partial charge >= 0.3 is 0 Å². The number of hydrogen-bond donors (Lipinski definition) is 1. The lowest BCUT2D eigenvalue weighted by molar-refractivity contribution is 0.309. The molecule has 1 aromatic heterocycles. The Bertz CT molecular complexity index is 446. The van der Waals surface area contributed by atoms with Crippen molar-refractivity contribution in [2.75, 3.05) is 19.6 Å². The van der Waals surface area contributed by atoms with Crippen molar-refractivity contribution in [3.63, 3.8) is 0 Å². The predicted molar refractivity (Wildman–Crippen MR) is 80.6 cm³/mol. The molecule has 2 aliphatic rings. The van der Waals surface area contributed by atoms with Crippen molar-refractivity contribution >= 4 is 5.96 Å². The van der Waals surface area contributed by atoms with E-state index in [9.17, 15) is 0 Å². The molecule has 4 nitrogen and oxygen atoms in total. The molecule has 0 bridgehead atoms. The molecule has 0 unspecified atom stereocenters. The summed E-state index contributed by atoms with van der Waals surface area (Å²) in [5.41, 5.74) is 0.584. The maximum Gasteiger partial charge on any atom is 0.194 e. The molecular weight excluding hydrogens is 250 g/mol. The molecule has 0 radical (unpaired) electrons. The van der Waals surface area contributed by atoms with Gasteiger partial charge in [0.25, 0.3) is 0 Å². The molecule has 2 heterocycles. The van der Waals surface area contributed by atoms with E-state index in [0.29, 0.717) is 12.0 Å². The Labute approximate surface area is 121 Å². The lowest BCUT2D eigenvalue weighted by Crippen LogP contribution is -2.41. The summed E-state index contributed by atoms with van der Waals surface area (Å²) >= 11 is 0. The Morgan fingerprint density at radius 2 is 2.25 bits per heavy atom. The summed E-state index contributed by atoms with van der Waals surface area (Å²) in [6, 6.07) is 3.90. The minimum Gasteiger partial charge on any atom is -0.467 e. The molecule has 0 aromatic carbocycles. The quantitative estimate of drug-likeness (QED) is 0.681. The molecular formula is C16H25N3O. The van der Waals surface area contributed by atoms with Crippen molar-refractivity contribution in [2.45, 2.75) is 45.6 Å². The van der Waals surface area contributed by atoms with Crippen LogP contribution in [-0.2, 0) is 6.54 Å². The third kappa shape index (κ3) is 2.84. The average molecular weight is 275 g/mol. The lowest BCUT2D eigenvalue weighted by atomic mass is 9.86. The maximum absolute atomic E-state index is 5.36. The molecule has 1 aliphatic carbocycles. The van der Waals surface area contributed by atoms with Gasteiger partial charge in [-0.05, 0) is 43.7 Å². The number of furan rings is 1. The van der Waals surface area contributed by atoms with Gasteiger partial charge in [0.1, 0.15) is 12.3 Å². The number of hydrogen-bond acceptors (Lipinski definition) is 2. The first-order chi connectivity index (χ1) is 9.81. The van der Waals surface area contributed by atoms with Crippen LogP contribution < -0.4 is 5.32 Å². The van der Waals surface area contributed by atoms with Gasteiger partial charge in [0.05, 0.1) is 6.26 Å². The van der Waals surface area contributed by atoms with Gasteiger partial charge in [0, 0.05) is 19.6 Å². The first-order valence-electron chi connectivity index (χ1n) is 7.87. The molecule has 1 spiro atoms. The van der Waals surface area contributed by atoms with Crippen LogP contribution in [0.4, 0.5) is 0 Å². The van der Waals surface area contributed by atoms with E-state index in [4.69, 9.17) is 9.41 Å². The molecule has 1 aliphatic heterocycles. The van der Waals surface area contributed by atoms with Gasteiger partial charge in [-0.15, -0.1) is 0 Å². The van der Waals surface area contributed by atoms with Crippen LogP contribution in [-0.4, -0.2) is 30.5 Å². The molecule has 1 N–H and O–H groups in total. The van der Waals surface area contributed by atoms with Gasteiger partial charge in [-0.2, -0.15) is 0 Å². The normalized spacial score (nSPS) is 21.9. The minimum absolute atomic E-state index is 0.584. The summed E-state index contributed by atoms with van der Waals surface area (Å²) in [7, 11) is 0. The van der Waals surface area contributed by atoms with Crippen LogP contribution in [0.25, 0.3) is 0 Å². The van der Waals surface area contributed by atoms with Gasteiger partial charge in [0.2, 0.25) is 0 Å². The third-order valence-corrected chi connectivity index (χ3v) is 4.70. The van der Waals surface area contributed by atoms with Crippen molar-refractivity contribution in [1.82, 2.24) is 10.2 Å². The summed E-state index contributed by atoms with van der Waals surface area (Å²) in [6.45, 7) is 5.99. The van der Waals surface area contributed by atoms with E-state index in [1.165, 1.54) is 38.6 Å². The lowest BCUT2D eigenvalue weighted by Gasteiger charge is -2.25. The average Bonchev–Trinajstić information content (AvgIpc) is 3.18. The molecule has 2 fully saturated rings. The van der Waals surface area contributed by atoms with Crippen molar-refractivity contribution < 1.29 is 4.42 Å². The van der Waals surface area contributed by atoms with Crippen LogP contribution in [0.2, 0.25) is 0 Å². The van der Waals surface area contributed by atoms with Crippen LogP contribution in [0.15, 0.2) is 27.8 Å². The molecule has 1 aromatic rings. The van der Waals surface area contributed by atoms with Gasteiger partial charge < -0.3 is 14.6 Å².